The number of carbonyl (C=O) groups is 3. The van der Waals surface area contributed by atoms with Gasteiger partial charge in [0.15, 0.2) is 0 Å². The molecule has 206 valence electrons. The van der Waals surface area contributed by atoms with Crippen molar-refractivity contribution in [3.63, 3.8) is 0 Å². The van der Waals surface area contributed by atoms with Crippen LogP contribution in [-0.2, 0) is 16.6 Å². The SMILES string of the molecule is CCCCCOc1ccc(C(=O)Oc2ccc(C[C@H](NC(=O)c3ccc(C(C)(C)C)cc3)C(=O)O)cc2)cc1. The molecule has 1 amide bonds. The van der Waals surface area contributed by atoms with E-state index in [1.165, 1.54) is 0 Å². The van der Waals surface area contributed by atoms with E-state index in [0.717, 1.165) is 24.8 Å². The summed E-state index contributed by atoms with van der Waals surface area (Å²) >= 11 is 0. The van der Waals surface area contributed by atoms with Gasteiger partial charge in [0.2, 0.25) is 0 Å². The normalized spacial score (nSPS) is 11.9. The van der Waals surface area contributed by atoms with Gasteiger partial charge in [-0.15, -0.1) is 0 Å². The molecule has 0 aliphatic heterocycles. The molecule has 7 nitrogen and oxygen atoms in total. The lowest BCUT2D eigenvalue weighted by molar-refractivity contribution is -0.139. The highest BCUT2D eigenvalue weighted by Gasteiger charge is 2.22. The van der Waals surface area contributed by atoms with Gasteiger partial charge in [-0.2, -0.15) is 0 Å². The molecule has 0 spiro atoms. The molecule has 7 heteroatoms. The first kappa shape index (κ1) is 29.4. The summed E-state index contributed by atoms with van der Waals surface area (Å²) in [4.78, 5) is 37.0. The second-order valence-electron chi connectivity index (χ2n) is 10.5. The van der Waals surface area contributed by atoms with Crippen molar-refractivity contribution in [3.8, 4) is 11.5 Å². The van der Waals surface area contributed by atoms with Crippen LogP contribution in [0.25, 0.3) is 0 Å². The standard InChI is InChI=1S/C32H37NO6/c1-5-6-7-20-38-26-18-12-24(13-19-26)31(37)39-27-16-8-22(9-17-27)21-28(30(35)36)33-29(34)23-10-14-25(15-11-23)32(2,3)4/h8-19,28H,5-7,20-21H2,1-4H3,(H,33,34)(H,35,36)/t28-/m0/s1. The van der Waals surface area contributed by atoms with E-state index in [-0.39, 0.29) is 11.8 Å². The Bertz CT molecular complexity index is 1240. The summed E-state index contributed by atoms with van der Waals surface area (Å²) < 4.78 is 11.1. The summed E-state index contributed by atoms with van der Waals surface area (Å²) in [5.41, 5.74) is 2.50. The molecule has 0 radical (unpaired) electrons. The van der Waals surface area contributed by atoms with Crippen LogP contribution in [0.5, 0.6) is 11.5 Å². The fourth-order valence-corrected chi connectivity index (χ4v) is 3.89. The molecule has 0 fully saturated rings. The van der Waals surface area contributed by atoms with Gasteiger partial charge in [-0.3, -0.25) is 4.79 Å². The first-order chi connectivity index (χ1) is 18.6. The van der Waals surface area contributed by atoms with Gasteiger partial charge in [0.25, 0.3) is 5.91 Å². The number of esters is 1. The molecule has 0 aliphatic rings. The van der Waals surface area contributed by atoms with Crippen LogP contribution in [0.15, 0.2) is 72.8 Å². The van der Waals surface area contributed by atoms with Crippen molar-refractivity contribution >= 4 is 17.8 Å². The Labute approximate surface area is 230 Å². The molecule has 1 atom stereocenters. The predicted octanol–water partition coefficient (Wildman–Crippen LogP) is 6.20. The molecule has 0 saturated heterocycles. The summed E-state index contributed by atoms with van der Waals surface area (Å²) in [6.45, 7) is 9.02. The van der Waals surface area contributed by atoms with Gasteiger partial charge in [0.05, 0.1) is 12.2 Å². The quantitative estimate of drug-likeness (QED) is 0.164. The van der Waals surface area contributed by atoms with Crippen molar-refractivity contribution in [2.24, 2.45) is 0 Å². The van der Waals surface area contributed by atoms with Crippen LogP contribution < -0.4 is 14.8 Å². The molecule has 39 heavy (non-hydrogen) atoms. The van der Waals surface area contributed by atoms with Gasteiger partial charge in [0, 0.05) is 12.0 Å². The summed E-state index contributed by atoms with van der Waals surface area (Å²) in [6, 6.07) is 19.4. The minimum absolute atomic E-state index is 0.0494. The Kier molecular flexibility index (Phi) is 10.3. The highest BCUT2D eigenvalue weighted by molar-refractivity contribution is 5.96. The summed E-state index contributed by atoms with van der Waals surface area (Å²) in [5, 5.41) is 12.3. The van der Waals surface area contributed by atoms with Gasteiger partial charge in [-0.25, -0.2) is 9.59 Å². The van der Waals surface area contributed by atoms with Crippen molar-refractivity contribution in [2.75, 3.05) is 6.61 Å². The monoisotopic (exact) mass is 531 g/mol. The van der Waals surface area contributed by atoms with Gasteiger partial charge in [-0.05, 0) is 71.5 Å². The molecular formula is C32H37NO6. The second kappa shape index (κ2) is 13.6. The van der Waals surface area contributed by atoms with E-state index >= 15 is 0 Å². The van der Waals surface area contributed by atoms with E-state index in [2.05, 4.69) is 33.0 Å². The Hall–Kier alpha value is -4.13. The van der Waals surface area contributed by atoms with Crippen molar-refractivity contribution in [1.82, 2.24) is 5.32 Å². The smallest absolute Gasteiger partial charge is 0.343 e. The minimum atomic E-state index is -1.14. The third-order valence-electron chi connectivity index (χ3n) is 6.30. The molecule has 0 unspecified atom stereocenters. The number of hydrogen-bond acceptors (Lipinski definition) is 5. The van der Waals surface area contributed by atoms with Crippen LogP contribution in [-0.4, -0.2) is 35.6 Å². The zero-order valence-corrected chi connectivity index (χ0v) is 23.0. The summed E-state index contributed by atoms with van der Waals surface area (Å²) in [7, 11) is 0. The molecule has 0 bridgehead atoms. The number of aliphatic carboxylic acids is 1. The lowest BCUT2D eigenvalue weighted by Gasteiger charge is -2.19. The number of amides is 1. The zero-order chi connectivity index (χ0) is 28.4. The molecule has 3 rings (SSSR count). The lowest BCUT2D eigenvalue weighted by Crippen LogP contribution is -2.42. The summed E-state index contributed by atoms with van der Waals surface area (Å²) in [6.07, 6.45) is 3.30. The zero-order valence-electron chi connectivity index (χ0n) is 23.0. The first-order valence-electron chi connectivity index (χ1n) is 13.2. The number of rotatable bonds is 12. The summed E-state index contributed by atoms with van der Waals surface area (Å²) in [5.74, 6) is -1.06. The van der Waals surface area contributed by atoms with E-state index in [9.17, 15) is 19.5 Å². The highest BCUT2D eigenvalue weighted by Crippen LogP contribution is 2.22. The van der Waals surface area contributed by atoms with Crippen LogP contribution in [0.3, 0.4) is 0 Å². The number of carbonyl (C=O) groups excluding carboxylic acids is 2. The number of carboxylic acids is 1. The fraction of sp³-hybridized carbons (Fsp3) is 0.344. The number of hydrogen-bond donors (Lipinski definition) is 2. The molecule has 2 N–H and O–H groups in total. The number of ether oxygens (including phenoxy) is 2. The van der Waals surface area contributed by atoms with E-state index < -0.39 is 23.9 Å². The first-order valence-corrected chi connectivity index (χ1v) is 13.2. The third kappa shape index (κ3) is 8.99. The van der Waals surface area contributed by atoms with Crippen LogP contribution in [0.2, 0.25) is 0 Å². The molecule has 0 heterocycles. The largest absolute Gasteiger partial charge is 0.494 e. The van der Waals surface area contributed by atoms with Crippen molar-refractivity contribution in [3.05, 3.63) is 95.1 Å². The molecular weight excluding hydrogens is 494 g/mol. The Morgan fingerprint density at radius 2 is 1.41 bits per heavy atom. The molecule has 3 aromatic rings. The third-order valence-corrected chi connectivity index (χ3v) is 6.30. The van der Waals surface area contributed by atoms with Crippen molar-refractivity contribution in [2.45, 2.75) is 64.8 Å². The Morgan fingerprint density at radius 3 is 1.97 bits per heavy atom. The maximum absolute atomic E-state index is 12.7. The topological polar surface area (TPSA) is 102 Å². The maximum Gasteiger partial charge on any atom is 0.343 e. The van der Waals surface area contributed by atoms with Gasteiger partial charge < -0.3 is 19.9 Å². The van der Waals surface area contributed by atoms with Gasteiger partial charge >= 0.3 is 11.9 Å². The van der Waals surface area contributed by atoms with Crippen LogP contribution in [0.4, 0.5) is 0 Å². The average molecular weight is 532 g/mol. The van der Waals surface area contributed by atoms with E-state index in [1.807, 2.05) is 12.1 Å². The average Bonchev–Trinajstić information content (AvgIpc) is 2.91. The molecule has 3 aromatic carbocycles. The van der Waals surface area contributed by atoms with E-state index in [4.69, 9.17) is 9.47 Å². The van der Waals surface area contributed by atoms with Crippen molar-refractivity contribution in [1.29, 1.82) is 0 Å². The molecule has 0 aromatic heterocycles. The maximum atomic E-state index is 12.7. The number of unbranched alkanes of at least 4 members (excludes halogenated alkanes) is 2. The van der Waals surface area contributed by atoms with Crippen LogP contribution in [0.1, 0.15) is 78.8 Å². The number of nitrogens with one attached hydrogen (secondary N) is 1. The van der Waals surface area contributed by atoms with E-state index in [1.54, 1.807) is 60.7 Å². The van der Waals surface area contributed by atoms with Gasteiger partial charge in [0.1, 0.15) is 17.5 Å². The Balaban J connectivity index is 1.55. The molecule has 0 aliphatic carbocycles. The lowest BCUT2D eigenvalue weighted by atomic mass is 9.86. The van der Waals surface area contributed by atoms with Crippen molar-refractivity contribution < 1.29 is 29.0 Å². The predicted molar refractivity (Wildman–Crippen MR) is 151 cm³/mol. The van der Waals surface area contributed by atoms with Crippen LogP contribution >= 0.6 is 0 Å². The minimum Gasteiger partial charge on any atom is -0.494 e. The highest BCUT2D eigenvalue weighted by atomic mass is 16.5. The second-order valence-corrected chi connectivity index (χ2v) is 10.5. The van der Waals surface area contributed by atoms with E-state index in [0.29, 0.717) is 34.8 Å². The molecule has 0 saturated carbocycles. The van der Waals surface area contributed by atoms with Crippen LogP contribution in [0, 0.1) is 0 Å². The van der Waals surface area contributed by atoms with Gasteiger partial charge in [-0.1, -0.05) is 64.8 Å². The number of benzene rings is 3. The Morgan fingerprint density at radius 1 is 0.821 bits per heavy atom. The fourth-order valence-electron chi connectivity index (χ4n) is 3.89. The number of carboxylic acid groups (broad SMARTS) is 1.